The van der Waals surface area contributed by atoms with Gasteiger partial charge < -0.3 is 14.6 Å². The van der Waals surface area contributed by atoms with Crippen LogP contribution in [0.4, 0.5) is 0 Å². The summed E-state index contributed by atoms with van der Waals surface area (Å²) in [7, 11) is 4.16. The molecule has 0 unspecified atom stereocenters. The van der Waals surface area contributed by atoms with E-state index in [4.69, 9.17) is 4.74 Å². The average Bonchev–Trinajstić information content (AvgIpc) is 2.73. The second kappa shape index (κ2) is 6.20. The third kappa shape index (κ3) is 3.55. The van der Waals surface area contributed by atoms with Crippen LogP contribution in [-0.2, 0) is 23.1 Å². The van der Waals surface area contributed by atoms with E-state index in [9.17, 15) is 4.79 Å². The number of aromatic nitrogens is 3. The summed E-state index contributed by atoms with van der Waals surface area (Å²) in [6.07, 6.45) is 1.91. The molecule has 128 valence electrons. The second-order valence-electron chi connectivity index (χ2n) is 7.57. The van der Waals surface area contributed by atoms with Gasteiger partial charge in [0.2, 0.25) is 5.91 Å². The van der Waals surface area contributed by atoms with E-state index in [0.717, 1.165) is 50.8 Å². The molecule has 1 N–H and O–H groups in total. The molecule has 1 saturated heterocycles. The van der Waals surface area contributed by atoms with E-state index in [1.54, 1.807) is 6.92 Å². The Morgan fingerprint density at radius 3 is 2.70 bits per heavy atom. The first-order chi connectivity index (χ1) is 10.9. The lowest BCUT2D eigenvalue weighted by atomic mass is 9.79. The number of hydrogen-bond acceptors (Lipinski definition) is 5. The summed E-state index contributed by atoms with van der Waals surface area (Å²) >= 11 is 0. The SMILES string of the molecule is CC(=O)NC1CC(c2nnc(CN(C)CC3(C)COC3)n2C)C1. The highest BCUT2D eigenvalue weighted by Gasteiger charge is 2.36. The average molecular weight is 321 g/mol. The summed E-state index contributed by atoms with van der Waals surface area (Å²) < 4.78 is 7.43. The van der Waals surface area contributed by atoms with Gasteiger partial charge in [-0.25, -0.2) is 0 Å². The first-order valence-corrected chi connectivity index (χ1v) is 8.28. The molecule has 1 saturated carbocycles. The first kappa shape index (κ1) is 16.4. The van der Waals surface area contributed by atoms with E-state index in [1.165, 1.54) is 0 Å². The maximum atomic E-state index is 11.1. The monoisotopic (exact) mass is 321 g/mol. The molecule has 0 spiro atoms. The minimum absolute atomic E-state index is 0.0437. The van der Waals surface area contributed by atoms with Gasteiger partial charge in [-0.05, 0) is 19.9 Å². The molecule has 7 nitrogen and oxygen atoms in total. The molecule has 0 radical (unpaired) electrons. The van der Waals surface area contributed by atoms with E-state index in [2.05, 4.69) is 39.0 Å². The fraction of sp³-hybridized carbons (Fsp3) is 0.812. The molecular weight excluding hydrogens is 294 g/mol. The van der Waals surface area contributed by atoms with Crippen molar-refractivity contribution in [1.29, 1.82) is 0 Å². The number of rotatable bonds is 6. The summed E-state index contributed by atoms with van der Waals surface area (Å²) in [5, 5.41) is 11.7. The highest BCUT2D eigenvalue weighted by molar-refractivity contribution is 5.73. The van der Waals surface area contributed by atoms with Crippen LogP contribution in [0.5, 0.6) is 0 Å². The van der Waals surface area contributed by atoms with Gasteiger partial charge in [-0.2, -0.15) is 0 Å². The van der Waals surface area contributed by atoms with Crippen LogP contribution in [-0.4, -0.2) is 58.4 Å². The summed E-state index contributed by atoms with van der Waals surface area (Å²) in [5.41, 5.74) is 0.274. The fourth-order valence-electron chi connectivity index (χ4n) is 3.59. The minimum atomic E-state index is 0.0437. The quantitative estimate of drug-likeness (QED) is 0.833. The van der Waals surface area contributed by atoms with Gasteiger partial charge in [0.15, 0.2) is 0 Å². The molecule has 2 heterocycles. The van der Waals surface area contributed by atoms with Crippen molar-refractivity contribution in [3.8, 4) is 0 Å². The topological polar surface area (TPSA) is 72.3 Å². The Kier molecular flexibility index (Phi) is 4.42. The number of ether oxygens (including phenoxy) is 1. The van der Waals surface area contributed by atoms with Crippen LogP contribution in [0.2, 0.25) is 0 Å². The van der Waals surface area contributed by atoms with E-state index >= 15 is 0 Å². The van der Waals surface area contributed by atoms with Gasteiger partial charge in [-0.1, -0.05) is 6.92 Å². The molecule has 1 aliphatic heterocycles. The second-order valence-corrected chi connectivity index (χ2v) is 7.57. The number of carbonyl (C=O) groups excluding carboxylic acids is 1. The summed E-state index contributed by atoms with van der Waals surface area (Å²) in [5.74, 6) is 2.48. The van der Waals surface area contributed by atoms with Crippen molar-refractivity contribution in [1.82, 2.24) is 25.0 Å². The number of amides is 1. The Labute approximate surface area is 137 Å². The van der Waals surface area contributed by atoms with Gasteiger partial charge in [0.05, 0.1) is 19.8 Å². The highest BCUT2D eigenvalue weighted by Crippen LogP contribution is 2.36. The Balaban J connectivity index is 1.54. The van der Waals surface area contributed by atoms with Gasteiger partial charge in [-0.15, -0.1) is 10.2 Å². The van der Waals surface area contributed by atoms with Crippen LogP contribution in [0.15, 0.2) is 0 Å². The molecule has 1 aromatic heterocycles. The Hall–Kier alpha value is -1.47. The molecule has 2 aliphatic rings. The molecule has 0 bridgehead atoms. The van der Waals surface area contributed by atoms with Crippen molar-refractivity contribution in [2.24, 2.45) is 12.5 Å². The lowest BCUT2D eigenvalue weighted by Crippen LogP contribution is -2.47. The highest BCUT2D eigenvalue weighted by atomic mass is 16.5. The van der Waals surface area contributed by atoms with Crippen molar-refractivity contribution >= 4 is 5.91 Å². The van der Waals surface area contributed by atoms with E-state index in [1.807, 2.05) is 7.05 Å². The Morgan fingerprint density at radius 2 is 2.13 bits per heavy atom. The van der Waals surface area contributed by atoms with Crippen molar-refractivity contribution in [2.75, 3.05) is 26.8 Å². The molecule has 23 heavy (non-hydrogen) atoms. The number of hydrogen-bond donors (Lipinski definition) is 1. The normalized spacial score (nSPS) is 25.8. The van der Waals surface area contributed by atoms with Crippen molar-refractivity contribution in [3.63, 3.8) is 0 Å². The Bertz CT molecular complexity index is 575. The lowest BCUT2D eigenvalue weighted by Gasteiger charge is -2.40. The smallest absolute Gasteiger partial charge is 0.217 e. The van der Waals surface area contributed by atoms with E-state index < -0.39 is 0 Å². The Morgan fingerprint density at radius 1 is 1.43 bits per heavy atom. The van der Waals surface area contributed by atoms with Gasteiger partial charge in [0.25, 0.3) is 0 Å². The predicted molar refractivity (Wildman–Crippen MR) is 85.8 cm³/mol. The molecule has 2 fully saturated rings. The standard InChI is InChI=1S/C16H27N5O2/c1-11(22)17-13-5-12(6-13)15-19-18-14(21(15)4)7-20(3)8-16(2)9-23-10-16/h12-13H,5-10H2,1-4H3,(H,17,22). The van der Waals surface area contributed by atoms with Crippen molar-refractivity contribution in [3.05, 3.63) is 11.6 Å². The molecule has 0 aromatic carbocycles. The summed E-state index contributed by atoms with van der Waals surface area (Å²) in [4.78, 5) is 13.4. The van der Waals surface area contributed by atoms with Crippen LogP contribution in [0.25, 0.3) is 0 Å². The molecule has 1 aliphatic carbocycles. The number of carbonyl (C=O) groups is 1. The minimum Gasteiger partial charge on any atom is -0.380 e. The number of nitrogens with zero attached hydrogens (tertiary/aromatic N) is 4. The van der Waals surface area contributed by atoms with Gasteiger partial charge in [0.1, 0.15) is 11.6 Å². The van der Waals surface area contributed by atoms with Gasteiger partial charge in [-0.3, -0.25) is 9.69 Å². The van der Waals surface area contributed by atoms with Crippen LogP contribution in [0, 0.1) is 5.41 Å². The molecule has 1 amide bonds. The zero-order chi connectivity index (χ0) is 16.6. The zero-order valence-electron chi connectivity index (χ0n) is 14.5. The van der Waals surface area contributed by atoms with E-state index in [0.29, 0.717) is 12.0 Å². The van der Waals surface area contributed by atoms with Gasteiger partial charge in [0, 0.05) is 37.9 Å². The molecule has 0 atom stereocenters. The van der Waals surface area contributed by atoms with Crippen molar-refractivity contribution < 1.29 is 9.53 Å². The van der Waals surface area contributed by atoms with Crippen LogP contribution in [0.3, 0.4) is 0 Å². The number of nitrogens with one attached hydrogen (secondary N) is 1. The maximum absolute atomic E-state index is 11.1. The van der Waals surface area contributed by atoms with E-state index in [-0.39, 0.29) is 11.3 Å². The summed E-state index contributed by atoms with van der Waals surface area (Å²) in [6, 6.07) is 0.291. The van der Waals surface area contributed by atoms with Gasteiger partial charge >= 0.3 is 0 Å². The molecule has 1 aromatic rings. The van der Waals surface area contributed by atoms with Crippen LogP contribution in [0.1, 0.15) is 44.3 Å². The molecular formula is C16H27N5O2. The predicted octanol–water partition coefficient (Wildman–Crippen LogP) is 0.666. The lowest BCUT2D eigenvalue weighted by molar-refractivity contribution is -0.120. The first-order valence-electron chi connectivity index (χ1n) is 8.28. The third-order valence-electron chi connectivity index (χ3n) is 4.87. The molecule has 7 heteroatoms. The van der Waals surface area contributed by atoms with Crippen molar-refractivity contribution in [2.45, 2.75) is 45.2 Å². The third-order valence-corrected chi connectivity index (χ3v) is 4.87. The molecule has 3 rings (SSSR count). The van der Waals surface area contributed by atoms with Crippen LogP contribution >= 0.6 is 0 Å². The maximum Gasteiger partial charge on any atom is 0.217 e. The largest absolute Gasteiger partial charge is 0.380 e. The fourth-order valence-corrected chi connectivity index (χ4v) is 3.59. The van der Waals surface area contributed by atoms with Crippen LogP contribution < -0.4 is 5.32 Å². The summed E-state index contributed by atoms with van der Waals surface area (Å²) in [6.45, 7) is 7.30. The zero-order valence-corrected chi connectivity index (χ0v) is 14.5.